The van der Waals surface area contributed by atoms with Crippen LogP contribution in [-0.4, -0.2) is 0 Å². The average Bonchev–Trinajstić information content (AvgIpc) is 2.30. The first-order valence-corrected chi connectivity index (χ1v) is 7.48. The molecule has 18 heavy (non-hydrogen) atoms. The summed E-state index contributed by atoms with van der Waals surface area (Å²) in [6.07, 6.45) is 0. The van der Waals surface area contributed by atoms with Crippen molar-refractivity contribution in [2.75, 3.05) is 0 Å². The summed E-state index contributed by atoms with van der Waals surface area (Å²) in [7, 11) is 0. The van der Waals surface area contributed by atoms with Gasteiger partial charge in [0.1, 0.15) is 0 Å². The van der Waals surface area contributed by atoms with E-state index >= 15 is 0 Å². The maximum absolute atomic E-state index is 7.32. The molecule has 0 bridgehead atoms. The molecule has 0 spiro atoms. The van der Waals surface area contributed by atoms with Gasteiger partial charge in [-0.25, -0.2) is 0 Å². The van der Waals surface area contributed by atoms with E-state index in [0.717, 1.165) is 13.4 Å². The molecule has 2 rings (SSSR count). The highest BCUT2D eigenvalue weighted by molar-refractivity contribution is 9.11. The van der Waals surface area contributed by atoms with Gasteiger partial charge in [-0.3, -0.25) is 0 Å². The molecule has 0 heterocycles. The number of hydrogen-bond acceptors (Lipinski definition) is 1. The minimum Gasteiger partial charge on any atom is -0.199 e. The number of hydrogen-bond donors (Lipinski definition) is 0. The SMILES string of the molecule is Brc1cc(Br)c(-c2ccccc2)c(Br)c1.CC#N. The lowest BCUT2D eigenvalue weighted by Crippen LogP contribution is -1.82. The molecular weight excluding hydrogens is 422 g/mol. The summed E-state index contributed by atoms with van der Waals surface area (Å²) in [4.78, 5) is 0. The summed E-state index contributed by atoms with van der Waals surface area (Å²) in [5, 5.41) is 7.32. The quantitative estimate of drug-likeness (QED) is 0.529. The maximum atomic E-state index is 7.32. The van der Waals surface area contributed by atoms with Crippen molar-refractivity contribution in [2.45, 2.75) is 6.92 Å². The minimum absolute atomic E-state index is 1.06. The molecule has 0 aliphatic rings. The molecule has 0 atom stereocenters. The first-order chi connectivity index (χ1) is 8.60. The Balaban J connectivity index is 0.000000492. The van der Waals surface area contributed by atoms with Gasteiger partial charge >= 0.3 is 0 Å². The molecule has 1 nitrogen and oxygen atoms in total. The first kappa shape index (κ1) is 15.4. The van der Waals surface area contributed by atoms with Gasteiger partial charge in [-0.2, -0.15) is 5.26 Å². The van der Waals surface area contributed by atoms with Crippen molar-refractivity contribution in [1.82, 2.24) is 0 Å². The van der Waals surface area contributed by atoms with E-state index in [1.807, 2.05) is 30.3 Å². The molecule has 0 saturated carbocycles. The summed E-state index contributed by atoms with van der Waals surface area (Å²) >= 11 is 10.6. The van der Waals surface area contributed by atoms with E-state index in [4.69, 9.17) is 5.26 Å². The Kier molecular flexibility index (Phi) is 6.62. The van der Waals surface area contributed by atoms with Crippen LogP contribution in [0, 0.1) is 11.3 Å². The topological polar surface area (TPSA) is 23.8 Å². The summed E-state index contributed by atoms with van der Waals surface area (Å²) in [5.74, 6) is 0. The van der Waals surface area contributed by atoms with Crippen molar-refractivity contribution >= 4 is 47.8 Å². The Bertz CT molecular complexity index is 536. The van der Waals surface area contributed by atoms with E-state index in [1.54, 1.807) is 6.07 Å². The Morgan fingerprint density at radius 1 is 0.944 bits per heavy atom. The lowest BCUT2D eigenvalue weighted by Gasteiger charge is -2.08. The van der Waals surface area contributed by atoms with Gasteiger partial charge in [0, 0.05) is 25.9 Å². The second-order valence-corrected chi connectivity index (χ2v) is 5.96. The summed E-state index contributed by atoms with van der Waals surface area (Å²) in [6.45, 7) is 1.43. The van der Waals surface area contributed by atoms with Gasteiger partial charge < -0.3 is 0 Å². The van der Waals surface area contributed by atoms with Crippen molar-refractivity contribution in [3.63, 3.8) is 0 Å². The molecule has 0 radical (unpaired) electrons. The number of halogens is 3. The number of nitriles is 1. The largest absolute Gasteiger partial charge is 0.199 e. The highest BCUT2D eigenvalue weighted by Crippen LogP contribution is 2.37. The van der Waals surface area contributed by atoms with Crippen molar-refractivity contribution in [1.29, 1.82) is 5.26 Å². The molecule has 2 aromatic rings. The lowest BCUT2D eigenvalue weighted by atomic mass is 10.1. The van der Waals surface area contributed by atoms with Crippen molar-refractivity contribution in [3.8, 4) is 17.2 Å². The minimum atomic E-state index is 1.06. The number of nitrogens with zero attached hydrogens (tertiary/aromatic N) is 1. The molecule has 0 saturated heterocycles. The fourth-order valence-corrected chi connectivity index (χ4v) is 4.14. The zero-order valence-corrected chi connectivity index (χ0v) is 14.4. The van der Waals surface area contributed by atoms with Gasteiger partial charge in [-0.15, -0.1) is 0 Å². The average molecular weight is 432 g/mol. The van der Waals surface area contributed by atoms with E-state index in [-0.39, 0.29) is 0 Å². The Morgan fingerprint density at radius 3 is 1.83 bits per heavy atom. The van der Waals surface area contributed by atoms with Crippen LogP contribution in [-0.2, 0) is 0 Å². The van der Waals surface area contributed by atoms with Crippen molar-refractivity contribution in [3.05, 3.63) is 55.9 Å². The third-order valence-electron chi connectivity index (χ3n) is 2.07. The normalized spacial score (nSPS) is 9.06. The first-order valence-electron chi connectivity index (χ1n) is 5.11. The molecule has 0 aliphatic carbocycles. The van der Waals surface area contributed by atoms with E-state index in [9.17, 15) is 0 Å². The standard InChI is InChI=1S/C12H7Br3.C2H3N/c13-9-6-10(14)12(11(15)7-9)8-4-2-1-3-5-8;1-2-3/h1-7H;1H3. The Hall–Kier alpha value is -0.630. The third kappa shape index (κ3) is 4.24. The van der Waals surface area contributed by atoms with Gasteiger partial charge in [0.05, 0.1) is 6.07 Å². The monoisotopic (exact) mass is 429 g/mol. The summed E-state index contributed by atoms with van der Waals surface area (Å²) in [5.41, 5.74) is 2.38. The molecule has 0 unspecified atom stereocenters. The van der Waals surface area contributed by atoms with Gasteiger partial charge in [-0.05, 0) is 17.7 Å². The maximum Gasteiger partial charge on any atom is 0.0587 e. The smallest absolute Gasteiger partial charge is 0.0587 e. The van der Waals surface area contributed by atoms with Crippen LogP contribution in [0.5, 0.6) is 0 Å². The molecule has 4 heteroatoms. The van der Waals surface area contributed by atoms with Gasteiger partial charge in [0.2, 0.25) is 0 Å². The third-order valence-corrected chi connectivity index (χ3v) is 3.78. The van der Waals surface area contributed by atoms with E-state index in [1.165, 1.54) is 18.1 Å². The van der Waals surface area contributed by atoms with E-state index < -0.39 is 0 Å². The van der Waals surface area contributed by atoms with Gasteiger partial charge in [0.15, 0.2) is 0 Å². The molecule has 0 amide bonds. The zero-order chi connectivity index (χ0) is 13.5. The highest BCUT2D eigenvalue weighted by Gasteiger charge is 2.08. The van der Waals surface area contributed by atoms with Gasteiger partial charge in [-0.1, -0.05) is 78.1 Å². The fraction of sp³-hybridized carbons (Fsp3) is 0.0714. The van der Waals surface area contributed by atoms with E-state index in [0.29, 0.717) is 0 Å². The molecule has 2 aromatic carbocycles. The van der Waals surface area contributed by atoms with Crippen molar-refractivity contribution < 1.29 is 0 Å². The number of benzene rings is 2. The predicted octanol–water partition coefficient (Wildman–Crippen LogP) is 6.17. The fourth-order valence-electron chi connectivity index (χ4n) is 1.42. The molecule has 0 aliphatic heterocycles. The van der Waals surface area contributed by atoms with Crippen LogP contribution >= 0.6 is 47.8 Å². The number of rotatable bonds is 1. The Labute approximate surface area is 132 Å². The lowest BCUT2D eigenvalue weighted by molar-refractivity contribution is 1.49. The highest BCUT2D eigenvalue weighted by atomic mass is 79.9. The zero-order valence-electron chi connectivity index (χ0n) is 9.62. The Morgan fingerprint density at radius 2 is 1.39 bits per heavy atom. The molecular formula is C14H10Br3N. The molecule has 0 N–H and O–H groups in total. The van der Waals surface area contributed by atoms with Crippen LogP contribution in [0.25, 0.3) is 11.1 Å². The van der Waals surface area contributed by atoms with Crippen LogP contribution < -0.4 is 0 Å². The van der Waals surface area contributed by atoms with Crippen LogP contribution in [0.1, 0.15) is 6.92 Å². The van der Waals surface area contributed by atoms with E-state index in [2.05, 4.69) is 59.9 Å². The molecule has 0 aromatic heterocycles. The van der Waals surface area contributed by atoms with Gasteiger partial charge in [0.25, 0.3) is 0 Å². The second-order valence-electron chi connectivity index (χ2n) is 3.33. The predicted molar refractivity (Wildman–Crippen MR) is 86.3 cm³/mol. The molecule has 92 valence electrons. The molecule has 0 fully saturated rings. The second kappa shape index (κ2) is 7.73. The van der Waals surface area contributed by atoms with Crippen LogP contribution in [0.3, 0.4) is 0 Å². The summed E-state index contributed by atoms with van der Waals surface area (Å²) < 4.78 is 3.21. The van der Waals surface area contributed by atoms with Crippen LogP contribution in [0.2, 0.25) is 0 Å². The van der Waals surface area contributed by atoms with Crippen LogP contribution in [0.15, 0.2) is 55.9 Å². The van der Waals surface area contributed by atoms with Crippen molar-refractivity contribution in [2.24, 2.45) is 0 Å². The summed E-state index contributed by atoms with van der Waals surface area (Å²) in [6, 6.07) is 16.1. The van der Waals surface area contributed by atoms with Crippen LogP contribution in [0.4, 0.5) is 0 Å².